The molecule has 21 heavy (non-hydrogen) atoms. The van der Waals surface area contributed by atoms with E-state index < -0.39 is 0 Å². The third kappa shape index (κ3) is 3.41. The van der Waals surface area contributed by atoms with Crippen LogP contribution in [0.3, 0.4) is 0 Å². The second-order valence-electron chi connectivity index (χ2n) is 5.39. The van der Waals surface area contributed by atoms with Gasteiger partial charge >= 0.3 is 0 Å². The van der Waals surface area contributed by atoms with E-state index in [0.717, 1.165) is 26.1 Å². The van der Waals surface area contributed by atoms with E-state index in [1.807, 2.05) is 24.1 Å². The van der Waals surface area contributed by atoms with Gasteiger partial charge in [0.15, 0.2) is 11.5 Å². The highest BCUT2D eigenvalue weighted by Gasteiger charge is 2.25. The Morgan fingerprint density at radius 3 is 3.00 bits per heavy atom. The van der Waals surface area contributed by atoms with Gasteiger partial charge in [-0.2, -0.15) is 0 Å². The lowest BCUT2D eigenvalue weighted by Crippen LogP contribution is -2.42. The largest absolute Gasteiger partial charge is 0.454 e. The van der Waals surface area contributed by atoms with Crippen molar-refractivity contribution in [2.45, 2.75) is 12.8 Å². The van der Waals surface area contributed by atoms with Crippen LogP contribution in [0.2, 0.25) is 0 Å². The zero-order chi connectivity index (χ0) is 13.9. The van der Waals surface area contributed by atoms with Gasteiger partial charge in [0.25, 0.3) is 5.91 Å². The molecule has 1 fully saturated rings. The zero-order valence-corrected chi connectivity index (χ0v) is 12.9. The summed E-state index contributed by atoms with van der Waals surface area (Å²) in [7, 11) is 1.96. The fraction of sp³-hybridized carbons (Fsp3) is 0.533. The van der Waals surface area contributed by atoms with Gasteiger partial charge in [-0.15, -0.1) is 12.4 Å². The van der Waals surface area contributed by atoms with Gasteiger partial charge in [-0.05, 0) is 50.6 Å². The normalized spacial score (nSPS) is 20.0. The first kappa shape index (κ1) is 15.9. The summed E-state index contributed by atoms with van der Waals surface area (Å²) in [6, 6.07) is 5.41. The van der Waals surface area contributed by atoms with Gasteiger partial charge in [-0.1, -0.05) is 0 Å². The standard InChI is InChI=1S/C15H20N2O3.ClH/c1-16-8-11-3-2-6-17(9-11)15(18)12-4-5-13-14(7-12)20-10-19-13;/h4-5,7,11,16H,2-3,6,8-10H2,1H3;1H. The number of carbonyl (C=O) groups is 1. The summed E-state index contributed by atoms with van der Waals surface area (Å²) < 4.78 is 10.6. The van der Waals surface area contributed by atoms with Crippen molar-refractivity contribution in [1.29, 1.82) is 0 Å². The third-order valence-electron chi connectivity index (χ3n) is 3.92. The molecular formula is C15H21ClN2O3. The second-order valence-corrected chi connectivity index (χ2v) is 5.39. The fourth-order valence-electron chi connectivity index (χ4n) is 2.92. The van der Waals surface area contributed by atoms with Crippen LogP contribution in [0.1, 0.15) is 23.2 Å². The van der Waals surface area contributed by atoms with E-state index in [9.17, 15) is 4.79 Å². The van der Waals surface area contributed by atoms with Crippen LogP contribution in [0.15, 0.2) is 18.2 Å². The second kappa shape index (κ2) is 7.00. The Morgan fingerprint density at radius 2 is 2.19 bits per heavy atom. The van der Waals surface area contributed by atoms with Crippen molar-refractivity contribution < 1.29 is 14.3 Å². The molecule has 0 aliphatic carbocycles. The van der Waals surface area contributed by atoms with E-state index >= 15 is 0 Å². The Bertz CT molecular complexity index is 508. The smallest absolute Gasteiger partial charge is 0.254 e. The zero-order valence-electron chi connectivity index (χ0n) is 12.1. The maximum absolute atomic E-state index is 12.6. The minimum Gasteiger partial charge on any atom is -0.454 e. The number of nitrogens with one attached hydrogen (secondary N) is 1. The molecule has 0 spiro atoms. The number of amides is 1. The number of halogens is 1. The molecule has 2 aliphatic rings. The van der Waals surface area contributed by atoms with Crippen molar-refractivity contribution >= 4 is 18.3 Å². The average Bonchev–Trinajstić information content (AvgIpc) is 2.94. The van der Waals surface area contributed by atoms with Crippen LogP contribution < -0.4 is 14.8 Å². The predicted octanol–water partition coefficient (Wildman–Crippen LogP) is 1.91. The molecule has 2 aliphatic heterocycles. The van der Waals surface area contributed by atoms with Crippen molar-refractivity contribution in [3.05, 3.63) is 23.8 Å². The van der Waals surface area contributed by atoms with Gasteiger partial charge < -0.3 is 19.7 Å². The highest BCUT2D eigenvalue weighted by atomic mass is 35.5. The summed E-state index contributed by atoms with van der Waals surface area (Å²) in [5, 5.41) is 3.20. The van der Waals surface area contributed by atoms with E-state index in [0.29, 0.717) is 23.0 Å². The first-order valence-corrected chi connectivity index (χ1v) is 7.11. The predicted molar refractivity (Wildman–Crippen MR) is 82.4 cm³/mol. The van der Waals surface area contributed by atoms with E-state index in [-0.39, 0.29) is 25.1 Å². The molecule has 1 saturated heterocycles. The van der Waals surface area contributed by atoms with E-state index in [2.05, 4.69) is 5.32 Å². The van der Waals surface area contributed by atoms with Gasteiger partial charge in [0.2, 0.25) is 6.79 Å². The molecule has 1 atom stereocenters. The molecule has 5 nitrogen and oxygen atoms in total. The molecule has 2 heterocycles. The maximum atomic E-state index is 12.6. The van der Waals surface area contributed by atoms with Gasteiger partial charge in [0.1, 0.15) is 0 Å². The van der Waals surface area contributed by atoms with Crippen LogP contribution >= 0.6 is 12.4 Å². The van der Waals surface area contributed by atoms with Crippen LogP contribution in [0.4, 0.5) is 0 Å². The first-order chi connectivity index (χ1) is 9.78. The number of rotatable bonds is 3. The molecule has 0 radical (unpaired) electrons. The Kier molecular flexibility index (Phi) is 5.31. The van der Waals surface area contributed by atoms with Crippen molar-refractivity contribution in [2.24, 2.45) is 5.92 Å². The monoisotopic (exact) mass is 312 g/mol. The summed E-state index contributed by atoms with van der Waals surface area (Å²) in [6.45, 7) is 2.87. The van der Waals surface area contributed by atoms with Gasteiger partial charge in [0, 0.05) is 18.7 Å². The number of hydrogen-bond donors (Lipinski definition) is 1. The Labute approximate surface area is 131 Å². The quantitative estimate of drug-likeness (QED) is 0.926. The summed E-state index contributed by atoms with van der Waals surface area (Å²) in [5.41, 5.74) is 0.680. The van der Waals surface area contributed by atoms with E-state index in [4.69, 9.17) is 9.47 Å². The molecule has 0 bridgehead atoms. The molecule has 3 rings (SSSR count). The molecule has 1 unspecified atom stereocenters. The Balaban J connectivity index is 0.00000161. The Morgan fingerprint density at radius 1 is 1.38 bits per heavy atom. The molecule has 1 N–H and O–H groups in total. The van der Waals surface area contributed by atoms with Crippen LogP contribution in [-0.2, 0) is 0 Å². The highest BCUT2D eigenvalue weighted by Crippen LogP contribution is 2.33. The molecule has 1 aromatic rings. The van der Waals surface area contributed by atoms with Crippen molar-refractivity contribution in [3.8, 4) is 11.5 Å². The topological polar surface area (TPSA) is 50.8 Å². The number of hydrogen-bond acceptors (Lipinski definition) is 4. The number of ether oxygens (including phenoxy) is 2. The highest BCUT2D eigenvalue weighted by molar-refractivity contribution is 5.95. The Hall–Kier alpha value is -1.46. The average molecular weight is 313 g/mol. The lowest BCUT2D eigenvalue weighted by atomic mass is 9.97. The summed E-state index contributed by atoms with van der Waals surface area (Å²) >= 11 is 0. The summed E-state index contributed by atoms with van der Waals surface area (Å²) in [4.78, 5) is 14.5. The third-order valence-corrected chi connectivity index (χ3v) is 3.92. The number of nitrogens with zero attached hydrogens (tertiary/aromatic N) is 1. The molecule has 116 valence electrons. The number of benzene rings is 1. The number of carbonyl (C=O) groups excluding carboxylic acids is 1. The van der Waals surface area contributed by atoms with Crippen molar-refractivity contribution in [2.75, 3.05) is 33.5 Å². The number of fused-ring (bicyclic) bond motifs is 1. The van der Waals surface area contributed by atoms with Crippen LogP contribution in [0, 0.1) is 5.92 Å². The van der Waals surface area contributed by atoms with Crippen LogP contribution in [0.25, 0.3) is 0 Å². The molecule has 0 aromatic heterocycles. The lowest BCUT2D eigenvalue weighted by Gasteiger charge is -2.32. The van der Waals surface area contributed by atoms with Crippen LogP contribution in [0.5, 0.6) is 11.5 Å². The lowest BCUT2D eigenvalue weighted by molar-refractivity contribution is 0.0674. The molecule has 1 amide bonds. The minimum absolute atomic E-state index is 0. The SMILES string of the molecule is CNCC1CCCN(C(=O)c2ccc3c(c2)OCO3)C1.Cl. The van der Waals surface area contributed by atoms with Crippen molar-refractivity contribution in [1.82, 2.24) is 10.2 Å². The molecule has 1 aromatic carbocycles. The summed E-state index contributed by atoms with van der Waals surface area (Å²) in [6.07, 6.45) is 2.26. The summed E-state index contributed by atoms with van der Waals surface area (Å²) in [5.74, 6) is 2.02. The van der Waals surface area contributed by atoms with Crippen LogP contribution in [-0.4, -0.2) is 44.3 Å². The van der Waals surface area contributed by atoms with Gasteiger partial charge in [-0.25, -0.2) is 0 Å². The fourth-order valence-corrected chi connectivity index (χ4v) is 2.92. The van der Waals surface area contributed by atoms with Gasteiger partial charge in [-0.3, -0.25) is 4.79 Å². The molecule has 0 saturated carbocycles. The van der Waals surface area contributed by atoms with E-state index in [1.54, 1.807) is 6.07 Å². The van der Waals surface area contributed by atoms with Gasteiger partial charge in [0.05, 0.1) is 0 Å². The molecular weight excluding hydrogens is 292 g/mol. The first-order valence-electron chi connectivity index (χ1n) is 7.11. The minimum atomic E-state index is 0. The van der Waals surface area contributed by atoms with E-state index in [1.165, 1.54) is 6.42 Å². The molecule has 6 heteroatoms. The number of piperidine rings is 1. The maximum Gasteiger partial charge on any atom is 0.254 e. The van der Waals surface area contributed by atoms with Crippen molar-refractivity contribution in [3.63, 3.8) is 0 Å². The number of likely N-dealkylation sites (tertiary alicyclic amines) is 1.